The Bertz CT molecular complexity index is 310. The fraction of sp³-hybridized carbons (Fsp3) is 0.778. The van der Waals surface area contributed by atoms with Gasteiger partial charge in [-0.3, -0.25) is 4.90 Å². The third-order valence-corrected chi connectivity index (χ3v) is 2.88. The van der Waals surface area contributed by atoms with E-state index in [1.165, 1.54) is 27.7 Å². The van der Waals surface area contributed by atoms with E-state index in [0.717, 1.165) is 4.90 Å². The molecule has 0 aromatic carbocycles. The number of carbonyl (C=O) groups excluding carboxylic acids is 2. The molecule has 0 aliphatic carbocycles. The molecule has 1 aliphatic heterocycles. The third kappa shape index (κ3) is 1.54. The van der Waals surface area contributed by atoms with Crippen molar-refractivity contribution in [3.05, 3.63) is 0 Å². The Balaban J connectivity index is 3.10. The predicted octanol–water partition coefficient (Wildman–Crippen LogP) is -0.936. The summed E-state index contributed by atoms with van der Waals surface area (Å²) in [5, 5.41) is 20.7. The van der Waals surface area contributed by atoms with E-state index in [-0.39, 0.29) is 0 Å². The van der Waals surface area contributed by atoms with Gasteiger partial charge in [-0.2, -0.15) is 0 Å². The number of ether oxygens (including phenoxy) is 1. The molecule has 15 heavy (non-hydrogen) atoms. The van der Waals surface area contributed by atoms with Crippen molar-refractivity contribution in [3.8, 4) is 0 Å². The van der Waals surface area contributed by atoms with Crippen LogP contribution < -0.4 is 5.11 Å². The summed E-state index contributed by atoms with van der Waals surface area (Å²) in [5.41, 5.74) is -2.84. The molecule has 2 atom stereocenters. The lowest BCUT2D eigenvalue weighted by atomic mass is 9.95. The first-order valence-corrected chi connectivity index (χ1v) is 4.57. The summed E-state index contributed by atoms with van der Waals surface area (Å²) in [6.07, 6.45) is -0.860. The van der Waals surface area contributed by atoms with Crippen LogP contribution in [-0.4, -0.2) is 39.4 Å². The number of cyclic esters (lactones) is 1. The summed E-state index contributed by atoms with van der Waals surface area (Å²) in [4.78, 5) is 22.8. The van der Waals surface area contributed by atoms with Crippen LogP contribution in [0.5, 0.6) is 0 Å². The van der Waals surface area contributed by atoms with Gasteiger partial charge < -0.3 is 19.7 Å². The van der Waals surface area contributed by atoms with Gasteiger partial charge in [-0.1, -0.05) is 0 Å². The molecule has 1 heterocycles. The monoisotopic (exact) mass is 216 g/mol. The molecular weight excluding hydrogens is 202 g/mol. The zero-order valence-corrected chi connectivity index (χ0v) is 9.10. The quantitative estimate of drug-likeness (QED) is 0.643. The zero-order chi connectivity index (χ0) is 12.0. The lowest BCUT2D eigenvalue weighted by molar-refractivity contribution is -0.313. The number of nitrogens with zero attached hydrogens (tertiary/aromatic N) is 1. The highest BCUT2D eigenvalue weighted by atomic mass is 16.6. The van der Waals surface area contributed by atoms with Gasteiger partial charge >= 0.3 is 6.09 Å². The van der Waals surface area contributed by atoms with Crippen molar-refractivity contribution in [2.24, 2.45) is 0 Å². The molecule has 1 fully saturated rings. The van der Waals surface area contributed by atoms with Crippen LogP contribution in [0.2, 0.25) is 0 Å². The molecule has 1 rings (SSSR count). The van der Waals surface area contributed by atoms with Gasteiger partial charge in [0.25, 0.3) is 0 Å². The highest BCUT2D eigenvalue weighted by Gasteiger charge is 2.58. The highest BCUT2D eigenvalue weighted by Crippen LogP contribution is 2.38. The number of aliphatic hydroxyl groups is 1. The SMILES string of the molecule is CC(C(=O)[O-])N1C(=O)OC(C)(C)C1(C)O. The topological polar surface area (TPSA) is 89.9 Å². The largest absolute Gasteiger partial charge is 0.548 e. The Hall–Kier alpha value is -1.30. The molecule has 0 bridgehead atoms. The molecule has 2 unspecified atom stereocenters. The van der Waals surface area contributed by atoms with Crippen LogP contribution in [0.3, 0.4) is 0 Å². The van der Waals surface area contributed by atoms with Gasteiger partial charge in [0.1, 0.15) is 0 Å². The van der Waals surface area contributed by atoms with E-state index in [2.05, 4.69) is 0 Å². The molecule has 0 spiro atoms. The normalized spacial score (nSPS) is 31.3. The Kier molecular flexibility index (Phi) is 2.43. The van der Waals surface area contributed by atoms with Gasteiger partial charge in [-0.15, -0.1) is 0 Å². The molecule has 6 nitrogen and oxygen atoms in total. The Morgan fingerprint density at radius 3 is 2.27 bits per heavy atom. The number of amides is 1. The van der Waals surface area contributed by atoms with Gasteiger partial charge in [0.15, 0.2) is 11.3 Å². The van der Waals surface area contributed by atoms with E-state index in [9.17, 15) is 19.8 Å². The molecular formula is C9H14NO5-. The third-order valence-electron chi connectivity index (χ3n) is 2.88. The number of rotatable bonds is 2. The molecule has 1 amide bonds. The minimum atomic E-state index is -1.68. The summed E-state index contributed by atoms with van der Waals surface area (Å²) >= 11 is 0. The summed E-state index contributed by atoms with van der Waals surface area (Å²) in [6.45, 7) is 5.60. The first-order chi connectivity index (χ1) is 6.61. The van der Waals surface area contributed by atoms with E-state index < -0.39 is 29.4 Å². The predicted molar refractivity (Wildman–Crippen MR) is 47.5 cm³/mol. The van der Waals surface area contributed by atoms with Crippen LogP contribution in [-0.2, 0) is 9.53 Å². The van der Waals surface area contributed by atoms with Gasteiger partial charge in [0.2, 0.25) is 0 Å². The van der Waals surface area contributed by atoms with Crippen molar-refractivity contribution >= 4 is 12.1 Å². The second kappa shape index (κ2) is 3.10. The average Bonchev–Trinajstić information content (AvgIpc) is 2.16. The van der Waals surface area contributed by atoms with Crippen molar-refractivity contribution in [3.63, 3.8) is 0 Å². The summed E-state index contributed by atoms with van der Waals surface area (Å²) in [7, 11) is 0. The van der Waals surface area contributed by atoms with Gasteiger partial charge in [0, 0.05) is 0 Å². The number of aliphatic carboxylic acids is 1. The minimum absolute atomic E-state index is 0.766. The summed E-state index contributed by atoms with van der Waals surface area (Å²) in [6, 6.07) is -1.24. The molecule has 6 heteroatoms. The maximum absolute atomic E-state index is 11.4. The second-order valence-electron chi connectivity index (χ2n) is 4.26. The van der Waals surface area contributed by atoms with Gasteiger partial charge in [-0.25, -0.2) is 4.79 Å². The smallest absolute Gasteiger partial charge is 0.413 e. The highest BCUT2D eigenvalue weighted by molar-refractivity contribution is 5.80. The van der Waals surface area contributed by atoms with Crippen molar-refractivity contribution < 1.29 is 24.5 Å². The molecule has 1 N–H and O–H groups in total. The lowest BCUT2D eigenvalue weighted by Gasteiger charge is -2.38. The Morgan fingerprint density at radius 2 is 2.00 bits per heavy atom. The van der Waals surface area contributed by atoms with Crippen molar-refractivity contribution in [1.29, 1.82) is 0 Å². The van der Waals surface area contributed by atoms with Crippen LogP contribution in [0, 0.1) is 0 Å². The molecule has 0 aromatic heterocycles. The maximum atomic E-state index is 11.4. The fourth-order valence-electron chi connectivity index (χ4n) is 1.47. The standard InChI is InChI=1S/C9H15NO5/c1-5(6(11)12)10-7(13)15-8(2,3)9(10,4)14/h5,14H,1-4H3,(H,11,12)/p-1. The van der Waals surface area contributed by atoms with Crippen LogP contribution in [0.15, 0.2) is 0 Å². The van der Waals surface area contributed by atoms with E-state index in [1.54, 1.807) is 0 Å². The molecule has 1 aliphatic rings. The molecule has 0 aromatic rings. The number of hydrogen-bond acceptors (Lipinski definition) is 5. The van der Waals surface area contributed by atoms with Crippen LogP contribution in [0.4, 0.5) is 4.79 Å². The first kappa shape index (κ1) is 11.8. The number of carboxylic acid groups (broad SMARTS) is 1. The first-order valence-electron chi connectivity index (χ1n) is 4.57. The zero-order valence-electron chi connectivity index (χ0n) is 9.10. The van der Waals surface area contributed by atoms with E-state index in [1.807, 2.05) is 0 Å². The average molecular weight is 216 g/mol. The van der Waals surface area contributed by atoms with Crippen LogP contribution in [0.25, 0.3) is 0 Å². The van der Waals surface area contributed by atoms with Crippen molar-refractivity contribution in [2.45, 2.75) is 45.1 Å². The van der Waals surface area contributed by atoms with Crippen LogP contribution >= 0.6 is 0 Å². The fourth-order valence-corrected chi connectivity index (χ4v) is 1.47. The lowest BCUT2D eigenvalue weighted by Crippen LogP contribution is -2.60. The number of hydrogen-bond donors (Lipinski definition) is 1. The Morgan fingerprint density at radius 1 is 1.53 bits per heavy atom. The minimum Gasteiger partial charge on any atom is -0.548 e. The van der Waals surface area contributed by atoms with Crippen molar-refractivity contribution in [2.75, 3.05) is 0 Å². The summed E-state index contributed by atoms with van der Waals surface area (Å²) < 4.78 is 4.89. The van der Waals surface area contributed by atoms with Gasteiger partial charge in [0.05, 0.1) is 12.0 Å². The second-order valence-corrected chi connectivity index (χ2v) is 4.26. The van der Waals surface area contributed by atoms with E-state index in [4.69, 9.17) is 4.74 Å². The number of carboxylic acids is 1. The number of carbonyl (C=O) groups is 2. The Labute approximate surface area is 87.4 Å². The van der Waals surface area contributed by atoms with Crippen molar-refractivity contribution in [1.82, 2.24) is 4.90 Å². The molecule has 0 saturated carbocycles. The van der Waals surface area contributed by atoms with Crippen LogP contribution in [0.1, 0.15) is 27.7 Å². The van der Waals surface area contributed by atoms with E-state index >= 15 is 0 Å². The summed E-state index contributed by atoms with van der Waals surface area (Å²) in [5.74, 6) is -1.44. The van der Waals surface area contributed by atoms with Gasteiger partial charge in [-0.05, 0) is 27.7 Å². The molecule has 0 radical (unpaired) electrons. The van der Waals surface area contributed by atoms with E-state index in [0.29, 0.717) is 0 Å². The maximum Gasteiger partial charge on any atom is 0.413 e. The molecule has 1 saturated heterocycles. The molecule has 86 valence electrons.